The number of benzene rings is 2. The van der Waals surface area contributed by atoms with E-state index in [2.05, 4.69) is 48.8 Å². The minimum Gasteiger partial charge on any atom is -0.313 e. The summed E-state index contributed by atoms with van der Waals surface area (Å²) in [6.07, 6.45) is 5.71. The highest BCUT2D eigenvalue weighted by atomic mass is 35.5. The van der Waals surface area contributed by atoms with Crippen molar-refractivity contribution in [3.8, 4) is 0 Å². The van der Waals surface area contributed by atoms with Crippen LogP contribution in [0.25, 0.3) is 10.8 Å². The second-order valence-corrected chi connectivity index (χ2v) is 7.05. The van der Waals surface area contributed by atoms with Crippen LogP contribution < -0.4 is 5.32 Å². The minimum absolute atomic E-state index is 0.472. The molecular formula is C19H22ClN. The van der Waals surface area contributed by atoms with E-state index in [0.29, 0.717) is 6.04 Å². The summed E-state index contributed by atoms with van der Waals surface area (Å²) in [5.74, 6) is 2.72. The predicted molar refractivity (Wildman–Crippen MR) is 89.7 cm³/mol. The fourth-order valence-corrected chi connectivity index (χ4v) is 4.88. The van der Waals surface area contributed by atoms with E-state index in [4.69, 9.17) is 11.6 Å². The summed E-state index contributed by atoms with van der Waals surface area (Å²) < 4.78 is 0. The van der Waals surface area contributed by atoms with Crippen molar-refractivity contribution in [2.45, 2.75) is 31.7 Å². The Kier molecular flexibility index (Phi) is 3.43. The maximum atomic E-state index is 6.37. The second-order valence-electron chi connectivity index (χ2n) is 6.64. The van der Waals surface area contributed by atoms with E-state index in [0.717, 1.165) is 22.8 Å². The number of halogens is 1. The summed E-state index contributed by atoms with van der Waals surface area (Å²) >= 11 is 6.37. The second kappa shape index (κ2) is 5.30. The Morgan fingerprint density at radius 2 is 1.67 bits per heavy atom. The van der Waals surface area contributed by atoms with Crippen LogP contribution >= 0.6 is 11.6 Å². The van der Waals surface area contributed by atoms with Gasteiger partial charge in [0, 0.05) is 16.5 Å². The van der Waals surface area contributed by atoms with Gasteiger partial charge in [0.15, 0.2) is 0 Å². The average molecular weight is 300 g/mol. The Morgan fingerprint density at radius 3 is 2.33 bits per heavy atom. The van der Waals surface area contributed by atoms with E-state index in [1.165, 1.54) is 42.0 Å². The molecule has 2 saturated carbocycles. The van der Waals surface area contributed by atoms with Gasteiger partial charge in [0.25, 0.3) is 0 Å². The van der Waals surface area contributed by atoms with E-state index in [1.54, 1.807) is 0 Å². The molecule has 2 aliphatic rings. The van der Waals surface area contributed by atoms with E-state index in [9.17, 15) is 0 Å². The summed E-state index contributed by atoms with van der Waals surface area (Å²) in [5.41, 5.74) is 1.43. The molecule has 2 aromatic rings. The average Bonchev–Trinajstić information content (AvgIpc) is 3.25. The van der Waals surface area contributed by atoms with Crippen molar-refractivity contribution in [2.75, 3.05) is 7.05 Å². The lowest BCUT2D eigenvalue weighted by atomic mass is 9.94. The molecule has 0 bridgehead atoms. The maximum absolute atomic E-state index is 6.37. The Balaban J connectivity index is 1.76. The lowest BCUT2D eigenvalue weighted by molar-refractivity contribution is 0.480. The van der Waals surface area contributed by atoms with E-state index in [-0.39, 0.29) is 0 Å². The van der Waals surface area contributed by atoms with Gasteiger partial charge >= 0.3 is 0 Å². The largest absolute Gasteiger partial charge is 0.313 e. The first-order valence-electron chi connectivity index (χ1n) is 8.15. The van der Waals surface area contributed by atoms with Crippen LogP contribution in [0.15, 0.2) is 36.4 Å². The highest BCUT2D eigenvalue weighted by Crippen LogP contribution is 2.60. The molecule has 0 aromatic heterocycles. The smallest absolute Gasteiger partial charge is 0.0484 e. The van der Waals surface area contributed by atoms with Crippen LogP contribution in [0, 0.1) is 17.8 Å². The highest BCUT2D eigenvalue weighted by Gasteiger charge is 2.54. The standard InChI is InChI=1S/C19H22ClN/c1-21-19(18-14-8-4-5-9-15(14)18)16-10-11-17(20)13-7-3-2-6-12(13)16/h2-3,6-7,10-11,14-15,18-19,21H,4-5,8-9H2,1H3. The third kappa shape index (κ3) is 2.18. The molecule has 0 amide bonds. The first-order chi connectivity index (χ1) is 10.3. The number of nitrogens with one attached hydrogen (secondary N) is 1. The van der Waals surface area contributed by atoms with E-state index in [1.807, 2.05) is 0 Å². The lowest BCUT2D eigenvalue weighted by Crippen LogP contribution is -2.20. The molecule has 3 unspecified atom stereocenters. The summed E-state index contributed by atoms with van der Waals surface area (Å²) in [4.78, 5) is 0. The van der Waals surface area contributed by atoms with Crippen molar-refractivity contribution in [3.05, 3.63) is 47.0 Å². The zero-order valence-corrected chi connectivity index (χ0v) is 13.2. The number of rotatable bonds is 3. The minimum atomic E-state index is 0.472. The lowest BCUT2D eigenvalue weighted by Gasteiger charge is -2.20. The SMILES string of the molecule is CNC(c1ccc(Cl)c2ccccc12)C1C2CCCCC21. The molecule has 0 saturated heterocycles. The van der Waals surface area contributed by atoms with Crippen LogP contribution in [0.1, 0.15) is 37.3 Å². The van der Waals surface area contributed by atoms with Crippen molar-refractivity contribution in [1.82, 2.24) is 5.32 Å². The van der Waals surface area contributed by atoms with Gasteiger partial charge in [-0.05, 0) is 54.7 Å². The van der Waals surface area contributed by atoms with Gasteiger partial charge < -0.3 is 5.32 Å². The maximum Gasteiger partial charge on any atom is 0.0484 e. The third-order valence-corrected chi connectivity index (χ3v) is 5.99. The first-order valence-corrected chi connectivity index (χ1v) is 8.53. The van der Waals surface area contributed by atoms with Crippen LogP contribution in [0.2, 0.25) is 5.02 Å². The molecular weight excluding hydrogens is 278 g/mol. The van der Waals surface area contributed by atoms with Crippen LogP contribution in [0.4, 0.5) is 0 Å². The summed E-state index contributed by atoms with van der Waals surface area (Å²) in [7, 11) is 2.11. The zero-order chi connectivity index (χ0) is 14.4. The first kappa shape index (κ1) is 13.6. The molecule has 4 rings (SSSR count). The van der Waals surface area contributed by atoms with Crippen molar-refractivity contribution in [2.24, 2.45) is 17.8 Å². The van der Waals surface area contributed by atoms with E-state index >= 15 is 0 Å². The van der Waals surface area contributed by atoms with Gasteiger partial charge in [0.05, 0.1) is 0 Å². The molecule has 2 heteroatoms. The normalized spacial score (nSPS) is 29.1. The van der Waals surface area contributed by atoms with Crippen molar-refractivity contribution in [1.29, 1.82) is 0 Å². The molecule has 2 fully saturated rings. The fourth-order valence-electron chi connectivity index (χ4n) is 4.65. The molecule has 0 radical (unpaired) electrons. The van der Waals surface area contributed by atoms with Gasteiger partial charge in [-0.1, -0.05) is 54.8 Å². The summed E-state index contributed by atoms with van der Waals surface area (Å²) in [5, 5.41) is 6.96. The van der Waals surface area contributed by atoms with Crippen molar-refractivity contribution < 1.29 is 0 Å². The molecule has 0 spiro atoms. The van der Waals surface area contributed by atoms with Crippen molar-refractivity contribution in [3.63, 3.8) is 0 Å². The monoisotopic (exact) mass is 299 g/mol. The third-order valence-electron chi connectivity index (χ3n) is 5.66. The van der Waals surface area contributed by atoms with Crippen LogP contribution in [-0.2, 0) is 0 Å². The quantitative estimate of drug-likeness (QED) is 0.822. The molecule has 2 aliphatic carbocycles. The predicted octanol–water partition coefficient (Wildman–Crippen LogP) is 5.19. The molecule has 0 heterocycles. The van der Waals surface area contributed by atoms with Crippen LogP contribution in [-0.4, -0.2) is 7.05 Å². The van der Waals surface area contributed by atoms with Crippen LogP contribution in [0.3, 0.4) is 0 Å². The molecule has 0 aliphatic heterocycles. The fraction of sp³-hybridized carbons (Fsp3) is 0.474. The molecule has 2 aromatic carbocycles. The molecule has 1 N–H and O–H groups in total. The Bertz CT molecular complexity index is 654. The summed E-state index contributed by atoms with van der Waals surface area (Å²) in [6, 6.07) is 13.3. The van der Waals surface area contributed by atoms with Gasteiger partial charge in [-0.15, -0.1) is 0 Å². The van der Waals surface area contributed by atoms with Gasteiger partial charge in [-0.2, -0.15) is 0 Å². The molecule has 110 valence electrons. The molecule has 3 atom stereocenters. The van der Waals surface area contributed by atoms with Gasteiger partial charge in [0.1, 0.15) is 0 Å². The Hall–Kier alpha value is -1.05. The van der Waals surface area contributed by atoms with Crippen LogP contribution in [0.5, 0.6) is 0 Å². The highest BCUT2D eigenvalue weighted by molar-refractivity contribution is 6.35. The molecule has 21 heavy (non-hydrogen) atoms. The number of hydrogen-bond acceptors (Lipinski definition) is 1. The Labute approximate surface area is 131 Å². The zero-order valence-electron chi connectivity index (χ0n) is 12.5. The molecule has 1 nitrogen and oxygen atoms in total. The van der Waals surface area contributed by atoms with Gasteiger partial charge in [-0.25, -0.2) is 0 Å². The van der Waals surface area contributed by atoms with Gasteiger partial charge in [0.2, 0.25) is 0 Å². The summed E-state index contributed by atoms with van der Waals surface area (Å²) in [6.45, 7) is 0. The number of hydrogen-bond donors (Lipinski definition) is 1. The van der Waals surface area contributed by atoms with Crippen molar-refractivity contribution >= 4 is 22.4 Å². The Morgan fingerprint density at radius 1 is 1.00 bits per heavy atom. The number of fused-ring (bicyclic) bond motifs is 2. The van der Waals surface area contributed by atoms with E-state index < -0.39 is 0 Å². The topological polar surface area (TPSA) is 12.0 Å². The van der Waals surface area contributed by atoms with Gasteiger partial charge in [-0.3, -0.25) is 0 Å².